The summed E-state index contributed by atoms with van der Waals surface area (Å²) in [5.74, 6) is 0. The van der Waals surface area contributed by atoms with Crippen LogP contribution in [0.1, 0.15) is 25.2 Å². The average Bonchev–Trinajstić information content (AvgIpc) is 2.97. The zero-order chi connectivity index (χ0) is 12.3. The maximum Gasteiger partial charge on any atom is 0.0948 e. The van der Waals surface area contributed by atoms with Gasteiger partial charge in [-0.2, -0.15) is 0 Å². The molecule has 0 unspecified atom stereocenters. The van der Waals surface area contributed by atoms with Gasteiger partial charge in [-0.15, -0.1) is 0 Å². The molecule has 5 heteroatoms. The van der Waals surface area contributed by atoms with Crippen LogP contribution in [-0.4, -0.2) is 26.6 Å². The number of hydrogen-bond acceptors (Lipinski definition) is 3. The van der Waals surface area contributed by atoms with E-state index < -0.39 is 0 Å². The lowest BCUT2D eigenvalue weighted by Gasteiger charge is -2.25. The highest BCUT2D eigenvalue weighted by molar-refractivity contribution is 5.11. The predicted octanol–water partition coefficient (Wildman–Crippen LogP) is 1.30. The fourth-order valence-corrected chi connectivity index (χ4v) is 1.81. The first-order valence-corrected chi connectivity index (χ1v) is 5.80. The normalized spacial score (nSPS) is 11.9. The van der Waals surface area contributed by atoms with Crippen LogP contribution in [0.15, 0.2) is 25.0 Å². The van der Waals surface area contributed by atoms with Crippen molar-refractivity contribution in [3.05, 3.63) is 36.4 Å². The molecule has 0 spiro atoms. The van der Waals surface area contributed by atoms with Gasteiger partial charge in [0.1, 0.15) is 0 Å². The van der Waals surface area contributed by atoms with Crippen molar-refractivity contribution in [2.75, 3.05) is 7.05 Å². The lowest BCUT2D eigenvalue weighted by Crippen LogP contribution is -2.35. The monoisotopic (exact) mass is 233 g/mol. The molecule has 2 aromatic rings. The highest BCUT2D eigenvalue weighted by atomic mass is 15.1. The predicted molar refractivity (Wildman–Crippen MR) is 66.6 cm³/mol. The van der Waals surface area contributed by atoms with Crippen molar-refractivity contribution >= 4 is 0 Å². The van der Waals surface area contributed by atoms with E-state index in [0.29, 0.717) is 0 Å². The van der Waals surface area contributed by atoms with Gasteiger partial charge < -0.3 is 14.9 Å². The quantitative estimate of drug-likeness (QED) is 0.818. The van der Waals surface area contributed by atoms with Gasteiger partial charge >= 0.3 is 0 Å². The van der Waals surface area contributed by atoms with Crippen LogP contribution in [-0.2, 0) is 18.5 Å². The number of hydrogen-bond donors (Lipinski definition) is 2. The lowest BCUT2D eigenvalue weighted by molar-refractivity contribution is 0.408. The van der Waals surface area contributed by atoms with Crippen molar-refractivity contribution in [3.8, 4) is 0 Å². The Balaban J connectivity index is 2.09. The van der Waals surface area contributed by atoms with Crippen LogP contribution in [0.5, 0.6) is 0 Å². The summed E-state index contributed by atoms with van der Waals surface area (Å²) in [7, 11) is 1.96. The third-order valence-electron chi connectivity index (χ3n) is 3.15. The van der Waals surface area contributed by atoms with Crippen molar-refractivity contribution in [2.24, 2.45) is 0 Å². The molecule has 0 saturated heterocycles. The Kier molecular flexibility index (Phi) is 3.28. The van der Waals surface area contributed by atoms with E-state index in [0.717, 1.165) is 18.7 Å². The molecular formula is C12H19N5. The molecule has 0 aromatic carbocycles. The number of H-pyrrole nitrogens is 1. The molecule has 0 radical (unpaired) electrons. The minimum absolute atomic E-state index is 0.0650. The second kappa shape index (κ2) is 4.71. The minimum atomic E-state index is -0.0650. The van der Waals surface area contributed by atoms with Gasteiger partial charge in [0.25, 0.3) is 0 Å². The number of rotatable bonds is 5. The molecule has 2 heterocycles. The molecule has 0 aliphatic rings. The van der Waals surface area contributed by atoms with Gasteiger partial charge in [-0.1, -0.05) is 0 Å². The van der Waals surface area contributed by atoms with Gasteiger partial charge in [0.05, 0.1) is 23.9 Å². The molecule has 2 rings (SSSR count). The topological polar surface area (TPSA) is 58.5 Å². The largest absolute Gasteiger partial charge is 0.348 e. The molecule has 0 fully saturated rings. The summed E-state index contributed by atoms with van der Waals surface area (Å²) in [5.41, 5.74) is 2.27. The molecule has 0 aliphatic carbocycles. The average molecular weight is 233 g/mol. The third kappa shape index (κ3) is 2.55. The van der Waals surface area contributed by atoms with Crippen LogP contribution < -0.4 is 5.32 Å². The molecule has 92 valence electrons. The highest BCUT2D eigenvalue weighted by Crippen LogP contribution is 2.19. The van der Waals surface area contributed by atoms with E-state index in [1.54, 1.807) is 6.33 Å². The summed E-state index contributed by atoms with van der Waals surface area (Å²) >= 11 is 0. The van der Waals surface area contributed by atoms with Crippen LogP contribution in [0.25, 0.3) is 0 Å². The number of aromatic amines is 1. The Morgan fingerprint density at radius 2 is 2.18 bits per heavy atom. The Morgan fingerprint density at radius 1 is 1.35 bits per heavy atom. The van der Waals surface area contributed by atoms with E-state index in [1.807, 2.05) is 25.8 Å². The summed E-state index contributed by atoms with van der Waals surface area (Å²) in [6.45, 7) is 5.20. The summed E-state index contributed by atoms with van der Waals surface area (Å²) in [4.78, 5) is 11.4. The Hall–Kier alpha value is -1.62. The molecule has 0 atom stereocenters. The number of nitrogens with one attached hydrogen (secondary N) is 2. The Morgan fingerprint density at radius 3 is 2.82 bits per heavy atom. The molecule has 0 amide bonds. The van der Waals surface area contributed by atoms with E-state index in [2.05, 4.69) is 38.7 Å². The minimum Gasteiger partial charge on any atom is -0.348 e. The van der Waals surface area contributed by atoms with E-state index in [-0.39, 0.29) is 5.54 Å². The molecule has 0 saturated carbocycles. The number of aromatic nitrogens is 4. The van der Waals surface area contributed by atoms with Crippen molar-refractivity contribution in [2.45, 2.75) is 32.4 Å². The van der Waals surface area contributed by atoms with Gasteiger partial charge in [0.2, 0.25) is 0 Å². The first-order valence-electron chi connectivity index (χ1n) is 5.80. The van der Waals surface area contributed by atoms with Crippen LogP contribution in [0.2, 0.25) is 0 Å². The van der Waals surface area contributed by atoms with Crippen molar-refractivity contribution in [3.63, 3.8) is 0 Å². The molecule has 5 nitrogen and oxygen atoms in total. The first-order chi connectivity index (χ1) is 8.13. The van der Waals surface area contributed by atoms with Crippen LogP contribution in [0.4, 0.5) is 0 Å². The second-order valence-corrected chi connectivity index (χ2v) is 4.67. The van der Waals surface area contributed by atoms with E-state index in [4.69, 9.17) is 0 Å². The van der Waals surface area contributed by atoms with Crippen LogP contribution in [0, 0.1) is 0 Å². The van der Waals surface area contributed by atoms with E-state index in [9.17, 15) is 0 Å². The summed E-state index contributed by atoms with van der Waals surface area (Å²) < 4.78 is 2.18. The number of imidazole rings is 2. The van der Waals surface area contributed by atoms with E-state index in [1.165, 1.54) is 5.69 Å². The Labute approximate surface area is 101 Å². The molecule has 2 aromatic heterocycles. The fourth-order valence-electron chi connectivity index (χ4n) is 1.81. The number of nitrogens with zero attached hydrogens (tertiary/aromatic N) is 3. The summed E-state index contributed by atoms with van der Waals surface area (Å²) in [6.07, 6.45) is 8.30. The summed E-state index contributed by atoms with van der Waals surface area (Å²) in [6, 6.07) is 0. The second-order valence-electron chi connectivity index (χ2n) is 4.67. The van der Waals surface area contributed by atoms with Crippen molar-refractivity contribution in [1.82, 2.24) is 24.8 Å². The van der Waals surface area contributed by atoms with Gasteiger partial charge in [0.15, 0.2) is 0 Å². The van der Waals surface area contributed by atoms with E-state index >= 15 is 0 Å². The SMILES string of the molecule is CNC(C)(C)c1cncn1CCc1cnc[nH]1. The Bertz CT molecular complexity index is 455. The molecule has 2 N–H and O–H groups in total. The molecule has 0 aliphatic heterocycles. The zero-order valence-electron chi connectivity index (χ0n) is 10.6. The van der Waals surface area contributed by atoms with Gasteiger partial charge in [0, 0.05) is 31.1 Å². The standard InChI is InChI=1S/C12H19N5/c1-12(2,13-3)11-7-15-9-17(11)5-4-10-6-14-8-16-10/h6-9,13H,4-5H2,1-3H3,(H,14,16). The van der Waals surface area contributed by atoms with Crippen LogP contribution in [0.3, 0.4) is 0 Å². The van der Waals surface area contributed by atoms with Gasteiger partial charge in [-0.3, -0.25) is 0 Å². The van der Waals surface area contributed by atoms with Gasteiger partial charge in [-0.05, 0) is 20.9 Å². The maximum atomic E-state index is 4.23. The molecule has 0 bridgehead atoms. The van der Waals surface area contributed by atoms with Crippen molar-refractivity contribution in [1.29, 1.82) is 0 Å². The van der Waals surface area contributed by atoms with Crippen LogP contribution >= 0.6 is 0 Å². The van der Waals surface area contributed by atoms with Crippen molar-refractivity contribution < 1.29 is 0 Å². The zero-order valence-corrected chi connectivity index (χ0v) is 10.6. The fraction of sp³-hybridized carbons (Fsp3) is 0.500. The number of aryl methyl sites for hydroxylation is 2. The molecular weight excluding hydrogens is 214 g/mol. The maximum absolute atomic E-state index is 4.23. The highest BCUT2D eigenvalue weighted by Gasteiger charge is 2.21. The lowest BCUT2D eigenvalue weighted by atomic mass is 10.0. The third-order valence-corrected chi connectivity index (χ3v) is 3.15. The first kappa shape index (κ1) is 11.9. The summed E-state index contributed by atoms with van der Waals surface area (Å²) in [5, 5.41) is 3.30. The smallest absolute Gasteiger partial charge is 0.0948 e. The molecule has 17 heavy (non-hydrogen) atoms. The van der Waals surface area contributed by atoms with Gasteiger partial charge in [-0.25, -0.2) is 9.97 Å².